The summed E-state index contributed by atoms with van der Waals surface area (Å²) in [6.07, 6.45) is 0.989. The molecule has 88 valence electrons. The third kappa shape index (κ3) is 1.47. The lowest BCUT2D eigenvalue weighted by Crippen LogP contribution is -2.26. The van der Waals surface area contributed by atoms with Crippen LogP contribution in [0.5, 0.6) is 11.5 Å². The number of methoxy groups -OCH3 is 2. The van der Waals surface area contributed by atoms with E-state index in [0.717, 1.165) is 23.5 Å². The van der Waals surface area contributed by atoms with Crippen LogP contribution in [0.2, 0.25) is 0 Å². The van der Waals surface area contributed by atoms with E-state index in [1.807, 2.05) is 18.2 Å². The monoisotopic (exact) mass is 221 g/mol. The predicted octanol–water partition coefficient (Wildman–Crippen LogP) is 2.29. The highest BCUT2D eigenvalue weighted by molar-refractivity contribution is 5.49. The van der Waals surface area contributed by atoms with Gasteiger partial charge in [-0.2, -0.15) is 0 Å². The van der Waals surface area contributed by atoms with Gasteiger partial charge in [0.1, 0.15) is 11.5 Å². The summed E-state index contributed by atoms with van der Waals surface area (Å²) in [7, 11) is 3.31. The third-order valence-electron chi connectivity index (χ3n) is 3.69. The number of hydrogen-bond donors (Lipinski definition) is 1. The summed E-state index contributed by atoms with van der Waals surface area (Å²) in [5.41, 5.74) is 7.35. The average molecular weight is 221 g/mol. The van der Waals surface area contributed by atoms with Crippen LogP contribution in [0.3, 0.4) is 0 Å². The van der Waals surface area contributed by atoms with E-state index < -0.39 is 0 Å². The summed E-state index contributed by atoms with van der Waals surface area (Å²) >= 11 is 0. The molecule has 1 aromatic carbocycles. The second-order valence-electron chi connectivity index (χ2n) is 5.10. The highest BCUT2D eigenvalue weighted by Crippen LogP contribution is 2.62. The molecule has 1 unspecified atom stereocenters. The number of hydrogen-bond acceptors (Lipinski definition) is 3. The van der Waals surface area contributed by atoms with E-state index in [-0.39, 0.29) is 11.0 Å². The third-order valence-corrected chi connectivity index (χ3v) is 3.69. The lowest BCUT2D eigenvalue weighted by molar-refractivity contribution is 0.382. The van der Waals surface area contributed by atoms with Gasteiger partial charge in [0.2, 0.25) is 0 Å². The van der Waals surface area contributed by atoms with E-state index >= 15 is 0 Å². The molecule has 1 aliphatic rings. The summed E-state index contributed by atoms with van der Waals surface area (Å²) in [4.78, 5) is 0. The normalized spacial score (nSPS) is 26.3. The molecular weight excluding hydrogens is 202 g/mol. The van der Waals surface area contributed by atoms with Crippen molar-refractivity contribution in [2.75, 3.05) is 14.2 Å². The number of nitrogens with two attached hydrogens (primary N) is 1. The zero-order chi connectivity index (χ0) is 12.0. The van der Waals surface area contributed by atoms with Crippen molar-refractivity contribution in [3.05, 3.63) is 23.8 Å². The van der Waals surface area contributed by atoms with Gasteiger partial charge in [0, 0.05) is 11.6 Å². The van der Waals surface area contributed by atoms with Gasteiger partial charge in [-0.25, -0.2) is 0 Å². The van der Waals surface area contributed by atoms with Crippen molar-refractivity contribution in [2.45, 2.75) is 25.8 Å². The van der Waals surface area contributed by atoms with Crippen molar-refractivity contribution in [1.82, 2.24) is 0 Å². The van der Waals surface area contributed by atoms with Gasteiger partial charge in [-0.15, -0.1) is 0 Å². The van der Waals surface area contributed by atoms with Crippen molar-refractivity contribution in [1.29, 1.82) is 0 Å². The van der Waals surface area contributed by atoms with E-state index in [1.54, 1.807) is 14.2 Å². The van der Waals surface area contributed by atoms with Crippen LogP contribution in [0.25, 0.3) is 0 Å². The van der Waals surface area contributed by atoms with Crippen LogP contribution in [-0.4, -0.2) is 14.2 Å². The second-order valence-corrected chi connectivity index (χ2v) is 5.10. The minimum Gasteiger partial charge on any atom is -0.497 e. The van der Waals surface area contributed by atoms with Gasteiger partial charge >= 0.3 is 0 Å². The topological polar surface area (TPSA) is 44.5 Å². The van der Waals surface area contributed by atoms with Crippen LogP contribution in [0.1, 0.15) is 25.8 Å². The summed E-state index contributed by atoms with van der Waals surface area (Å²) < 4.78 is 10.6. The van der Waals surface area contributed by atoms with Gasteiger partial charge in [-0.05, 0) is 24.0 Å². The summed E-state index contributed by atoms with van der Waals surface area (Å²) in [5, 5.41) is 0. The largest absolute Gasteiger partial charge is 0.497 e. The van der Waals surface area contributed by atoms with Crippen LogP contribution in [0.15, 0.2) is 18.2 Å². The Morgan fingerprint density at radius 2 is 1.81 bits per heavy atom. The van der Waals surface area contributed by atoms with Crippen molar-refractivity contribution >= 4 is 0 Å². The standard InChI is InChI=1S/C13H19NO2/c1-12(2)8-13(12,14)10-6-5-9(15-3)7-11(10)16-4/h5-7H,8,14H2,1-4H3. The first kappa shape index (κ1) is 11.3. The van der Waals surface area contributed by atoms with E-state index in [4.69, 9.17) is 15.2 Å². The molecule has 3 nitrogen and oxygen atoms in total. The van der Waals surface area contributed by atoms with E-state index in [0.29, 0.717) is 0 Å². The van der Waals surface area contributed by atoms with E-state index in [9.17, 15) is 0 Å². The minimum atomic E-state index is -0.259. The molecule has 3 heteroatoms. The molecule has 0 saturated heterocycles. The number of benzene rings is 1. The molecule has 1 aromatic rings. The van der Waals surface area contributed by atoms with Crippen LogP contribution in [-0.2, 0) is 5.54 Å². The molecule has 0 amide bonds. The fraction of sp³-hybridized carbons (Fsp3) is 0.538. The van der Waals surface area contributed by atoms with Gasteiger partial charge in [0.05, 0.1) is 19.8 Å². The fourth-order valence-electron chi connectivity index (χ4n) is 2.28. The molecule has 0 aliphatic heterocycles. The van der Waals surface area contributed by atoms with Crippen molar-refractivity contribution in [3.8, 4) is 11.5 Å². The molecule has 0 bridgehead atoms. The molecule has 16 heavy (non-hydrogen) atoms. The lowest BCUT2D eigenvalue weighted by atomic mass is 9.96. The number of ether oxygens (including phenoxy) is 2. The zero-order valence-corrected chi connectivity index (χ0v) is 10.3. The van der Waals surface area contributed by atoms with Gasteiger partial charge in [0.25, 0.3) is 0 Å². The Hall–Kier alpha value is -1.22. The number of rotatable bonds is 3. The maximum absolute atomic E-state index is 6.39. The Morgan fingerprint density at radius 3 is 2.25 bits per heavy atom. The summed E-state index contributed by atoms with van der Waals surface area (Å²) in [6.45, 7) is 4.35. The first-order valence-electron chi connectivity index (χ1n) is 5.46. The van der Waals surface area contributed by atoms with Crippen LogP contribution in [0.4, 0.5) is 0 Å². The molecule has 2 N–H and O–H groups in total. The van der Waals surface area contributed by atoms with Crippen LogP contribution in [0, 0.1) is 5.41 Å². The molecule has 0 spiro atoms. The van der Waals surface area contributed by atoms with Crippen LogP contribution < -0.4 is 15.2 Å². The first-order chi connectivity index (χ1) is 7.44. The Morgan fingerprint density at radius 1 is 1.19 bits per heavy atom. The SMILES string of the molecule is COc1ccc(C2(N)CC2(C)C)c(OC)c1. The maximum Gasteiger partial charge on any atom is 0.127 e. The maximum atomic E-state index is 6.39. The highest BCUT2D eigenvalue weighted by Gasteiger charge is 2.60. The van der Waals surface area contributed by atoms with Gasteiger partial charge in [0.15, 0.2) is 0 Å². The van der Waals surface area contributed by atoms with Gasteiger partial charge in [-0.3, -0.25) is 0 Å². The Bertz CT molecular complexity index is 414. The van der Waals surface area contributed by atoms with Crippen LogP contribution >= 0.6 is 0 Å². The Balaban J connectivity index is 2.43. The Labute approximate surface area is 96.5 Å². The summed E-state index contributed by atoms with van der Waals surface area (Å²) in [6, 6.07) is 5.83. The first-order valence-corrected chi connectivity index (χ1v) is 5.46. The van der Waals surface area contributed by atoms with E-state index in [2.05, 4.69) is 13.8 Å². The lowest BCUT2D eigenvalue weighted by Gasteiger charge is -2.19. The van der Waals surface area contributed by atoms with Gasteiger partial charge in [-0.1, -0.05) is 13.8 Å². The predicted molar refractivity (Wildman–Crippen MR) is 63.8 cm³/mol. The van der Waals surface area contributed by atoms with Crippen molar-refractivity contribution in [3.63, 3.8) is 0 Å². The molecule has 0 radical (unpaired) electrons. The van der Waals surface area contributed by atoms with Crippen molar-refractivity contribution < 1.29 is 9.47 Å². The summed E-state index contributed by atoms with van der Waals surface area (Å²) in [5.74, 6) is 1.61. The quantitative estimate of drug-likeness (QED) is 0.851. The van der Waals surface area contributed by atoms with Gasteiger partial charge < -0.3 is 15.2 Å². The highest BCUT2D eigenvalue weighted by atomic mass is 16.5. The molecule has 1 atom stereocenters. The fourth-order valence-corrected chi connectivity index (χ4v) is 2.28. The molecule has 1 saturated carbocycles. The average Bonchev–Trinajstić information content (AvgIpc) is 2.78. The Kier molecular flexibility index (Phi) is 2.39. The van der Waals surface area contributed by atoms with E-state index in [1.165, 1.54) is 0 Å². The minimum absolute atomic E-state index is 0.148. The molecule has 0 aromatic heterocycles. The molecule has 1 fully saturated rings. The smallest absolute Gasteiger partial charge is 0.127 e. The van der Waals surface area contributed by atoms with Crippen molar-refractivity contribution in [2.24, 2.45) is 11.1 Å². The molecule has 0 heterocycles. The molecular formula is C13H19NO2. The molecule has 1 aliphatic carbocycles. The molecule has 2 rings (SSSR count). The second kappa shape index (κ2) is 3.39. The zero-order valence-electron chi connectivity index (χ0n) is 10.3.